The largest absolute Gasteiger partial charge is 0.477 e. The second kappa shape index (κ2) is 7.89. The fourth-order valence-electron chi connectivity index (χ4n) is 1.87. The SMILES string of the molecule is O=C(O)C(F)(F)C(F)(F)C(F)(F)F.c1ccc(N2CCNCC2)cc1. The molecule has 0 amide bonds. The number of hydrogen-bond donors (Lipinski definition) is 2. The molecule has 2 rings (SSSR count). The van der Waals surface area contributed by atoms with Crippen LogP contribution in [0.5, 0.6) is 0 Å². The molecule has 1 heterocycles. The lowest BCUT2D eigenvalue weighted by Crippen LogP contribution is -2.56. The van der Waals surface area contributed by atoms with Gasteiger partial charge in [0.1, 0.15) is 0 Å². The molecule has 0 spiro atoms. The average molecular weight is 376 g/mol. The van der Waals surface area contributed by atoms with Crippen LogP contribution in [0.4, 0.5) is 36.4 Å². The Bertz CT molecular complexity index is 558. The molecule has 0 bridgehead atoms. The lowest BCUT2D eigenvalue weighted by molar-refractivity contribution is -0.347. The van der Waals surface area contributed by atoms with E-state index in [1.54, 1.807) is 0 Å². The number of alkyl halides is 7. The average Bonchev–Trinajstić information content (AvgIpc) is 2.56. The van der Waals surface area contributed by atoms with Crippen LogP contribution in [0.1, 0.15) is 0 Å². The molecule has 0 aliphatic carbocycles. The van der Waals surface area contributed by atoms with Crippen molar-refractivity contribution in [2.24, 2.45) is 0 Å². The van der Waals surface area contributed by atoms with E-state index in [1.165, 1.54) is 5.69 Å². The lowest BCUT2D eigenvalue weighted by atomic mass is 10.1. The molecule has 1 saturated heterocycles. The van der Waals surface area contributed by atoms with Crippen LogP contribution in [-0.2, 0) is 4.79 Å². The highest BCUT2D eigenvalue weighted by Gasteiger charge is 2.76. The predicted molar refractivity (Wildman–Crippen MR) is 75.1 cm³/mol. The van der Waals surface area contributed by atoms with Crippen LogP contribution in [0.15, 0.2) is 30.3 Å². The molecule has 0 saturated carbocycles. The Morgan fingerprint density at radius 1 is 0.960 bits per heavy atom. The minimum atomic E-state index is -6.60. The number of benzene rings is 1. The highest BCUT2D eigenvalue weighted by Crippen LogP contribution is 2.46. The van der Waals surface area contributed by atoms with Crippen molar-refractivity contribution in [2.45, 2.75) is 18.0 Å². The van der Waals surface area contributed by atoms with Crippen LogP contribution in [-0.4, -0.2) is 55.3 Å². The van der Waals surface area contributed by atoms with Gasteiger partial charge >= 0.3 is 24.0 Å². The number of halogens is 7. The Morgan fingerprint density at radius 3 is 1.80 bits per heavy atom. The molecule has 0 aromatic heterocycles. The van der Waals surface area contributed by atoms with Gasteiger partial charge in [-0.15, -0.1) is 0 Å². The monoisotopic (exact) mass is 376 g/mol. The summed E-state index contributed by atoms with van der Waals surface area (Å²) in [6.07, 6.45) is -6.60. The summed E-state index contributed by atoms with van der Waals surface area (Å²) in [5.41, 5.74) is 1.35. The first-order valence-electron chi connectivity index (χ1n) is 6.97. The van der Waals surface area contributed by atoms with E-state index in [-0.39, 0.29) is 0 Å². The van der Waals surface area contributed by atoms with Gasteiger partial charge in [-0.25, -0.2) is 4.79 Å². The number of nitrogens with one attached hydrogen (secondary N) is 1. The van der Waals surface area contributed by atoms with E-state index in [0.29, 0.717) is 0 Å². The third-order valence-electron chi connectivity index (χ3n) is 3.26. The predicted octanol–water partition coefficient (Wildman–Crippen LogP) is 3.00. The van der Waals surface area contributed by atoms with Crippen LogP contribution < -0.4 is 10.2 Å². The maximum absolute atomic E-state index is 11.8. The Hall–Kier alpha value is -2.04. The van der Waals surface area contributed by atoms with Crippen LogP contribution in [0.2, 0.25) is 0 Å². The second-order valence-electron chi connectivity index (χ2n) is 5.02. The quantitative estimate of drug-likeness (QED) is 0.797. The number of piperazine rings is 1. The van der Waals surface area contributed by atoms with Crippen molar-refractivity contribution in [2.75, 3.05) is 31.1 Å². The van der Waals surface area contributed by atoms with Gasteiger partial charge in [0, 0.05) is 31.9 Å². The fourth-order valence-corrected chi connectivity index (χ4v) is 1.87. The molecule has 1 aromatic rings. The molecular formula is C14H15F7N2O2. The molecule has 142 valence electrons. The van der Waals surface area contributed by atoms with Gasteiger partial charge in [0.15, 0.2) is 0 Å². The molecule has 1 aromatic carbocycles. The zero-order chi connectivity index (χ0) is 19.3. The zero-order valence-corrected chi connectivity index (χ0v) is 12.7. The van der Waals surface area contributed by atoms with Gasteiger partial charge in [0.25, 0.3) is 0 Å². The van der Waals surface area contributed by atoms with Gasteiger partial charge in [-0.3, -0.25) is 0 Å². The van der Waals surface area contributed by atoms with Crippen molar-refractivity contribution < 1.29 is 40.6 Å². The minimum Gasteiger partial charge on any atom is -0.477 e. The summed E-state index contributed by atoms with van der Waals surface area (Å²) in [6.45, 7) is 4.47. The molecule has 4 nitrogen and oxygen atoms in total. The highest BCUT2D eigenvalue weighted by molar-refractivity contribution is 5.76. The van der Waals surface area contributed by atoms with Gasteiger partial charge in [0.2, 0.25) is 0 Å². The molecule has 1 fully saturated rings. The summed E-state index contributed by atoms with van der Waals surface area (Å²) in [5, 5.41) is 10.8. The Morgan fingerprint density at radius 2 is 1.44 bits per heavy atom. The summed E-state index contributed by atoms with van der Waals surface area (Å²) >= 11 is 0. The molecule has 25 heavy (non-hydrogen) atoms. The van der Waals surface area contributed by atoms with Crippen molar-refractivity contribution in [3.05, 3.63) is 30.3 Å². The lowest BCUT2D eigenvalue weighted by Gasteiger charge is -2.29. The molecule has 0 unspecified atom stereocenters. The number of anilines is 1. The number of hydrogen-bond acceptors (Lipinski definition) is 3. The third-order valence-corrected chi connectivity index (χ3v) is 3.26. The topological polar surface area (TPSA) is 52.6 Å². The van der Waals surface area contributed by atoms with E-state index in [1.807, 2.05) is 0 Å². The summed E-state index contributed by atoms with van der Waals surface area (Å²) in [7, 11) is 0. The Labute approximate surface area is 138 Å². The van der Waals surface area contributed by atoms with Crippen molar-refractivity contribution in [1.29, 1.82) is 0 Å². The molecule has 2 N–H and O–H groups in total. The van der Waals surface area contributed by atoms with E-state index in [2.05, 4.69) is 40.5 Å². The normalized spacial score (nSPS) is 16.0. The molecule has 0 atom stereocenters. The summed E-state index contributed by atoms with van der Waals surface area (Å²) in [5.74, 6) is -16.3. The van der Waals surface area contributed by atoms with Crippen LogP contribution in [0.3, 0.4) is 0 Å². The van der Waals surface area contributed by atoms with E-state index in [9.17, 15) is 35.5 Å². The van der Waals surface area contributed by atoms with Crippen LogP contribution in [0.25, 0.3) is 0 Å². The minimum absolute atomic E-state index is 1.11. The summed E-state index contributed by atoms with van der Waals surface area (Å²) < 4.78 is 80.5. The van der Waals surface area contributed by atoms with Crippen molar-refractivity contribution in [3.8, 4) is 0 Å². The number of carboxylic acids is 1. The first-order chi connectivity index (χ1) is 11.4. The number of para-hydroxylation sites is 1. The van der Waals surface area contributed by atoms with Gasteiger partial charge in [-0.1, -0.05) is 18.2 Å². The smallest absolute Gasteiger partial charge is 0.460 e. The number of carboxylic acid groups (broad SMARTS) is 1. The highest BCUT2D eigenvalue weighted by atomic mass is 19.4. The van der Waals surface area contributed by atoms with Crippen molar-refractivity contribution in [3.63, 3.8) is 0 Å². The third kappa shape index (κ3) is 4.97. The van der Waals surface area contributed by atoms with Crippen LogP contribution in [0, 0.1) is 0 Å². The maximum atomic E-state index is 11.8. The van der Waals surface area contributed by atoms with E-state index in [4.69, 9.17) is 5.11 Å². The Kier molecular flexibility index (Phi) is 6.63. The molecule has 0 radical (unpaired) electrons. The zero-order valence-electron chi connectivity index (χ0n) is 12.7. The molecule has 1 aliphatic heterocycles. The molecule has 1 aliphatic rings. The first-order valence-corrected chi connectivity index (χ1v) is 6.97. The van der Waals surface area contributed by atoms with E-state index in [0.717, 1.165) is 26.2 Å². The maximum Gasteiger partial charge on any atom is 0.460 e. The van der Waals surface area contributed by atoms with Gasteiger partial charge in [-0.05, 0) is 12.1 Å². The Balaban J connectivity index is 0.000000250. The van der Waals surface area contributed by atoms with Crippen molar-refractivity contribution >= 4 is 11.7 Å². The van der Waals surface area contributed by atoms with E-state index < -0.39 is 24.0 Å². The second-order valence-corrected chi connectivity index (χ2v) is 5.02. The molecular weight excluding hydrogens is 361 g/mol. The van der Waals surface area contributed by atoms with Gasteiger partial charge < -0.3 is 15.3 Å². The van der Waals surface area contributed by atoms with Gasteiger partial charge in [-0.2, -0.15) is 30.7 Å². The summed E-state index contributed by atoms with van der Waals surface area (Å²) in [4.78, 5) is 11.8. The molecule has 11 heteroatoms. The number of aliphatic carboxylic acids is 1. The standard InChI is InChI=1S/C10H14N2.C4HF7O2/c1-2-4-10(5-3-1)12-8-6-11-7-9-12;5-2(6,1(12)13)3(7,8)4(9,10)11/h1-5,11H,6-9H2;(H,12,13). The van der Waals surface area contributed by atoms with Crippen molar-refractivity contribution in [1.82, 2.24) is 5.32 Å². The number of rotatable bonds is 3. The first kappa shape index (κ1) is 21.0. The summed E-state index contributed by atoms with van der Waals surface area (Å²) in [6, 6.07) is 10.6. The van der Waals surface area contributed by atoms with Crippen LogP contribution >= 0.6 is 0 Å². The number of carbonyl (C=O) groups is 1. The van der Waals surface area contributed by atoms with E-state index >= 15 is 0 Å². The van der Waals surface area contributed by atoms with Gasteiger partial charge in [0.05, 0.1) is 0 Å². The number of nitrogens with zero attached hydrogens (tertiary/aromatic N) is 1. The fraction of sp³-hybridized carbons (Fsp3) is 0.500.